The quantitative estimate of drug-likeness (QED) is 0.175. The molecule has 2 saturated heterocycles. The molecule has 4 unspecified atom stereocenters. The Kier molecular flexibility index (Phi) is 11.0. The van der Waals surface area contributed by atoms with Gasteiger partial charge < -0.3 is 9.80 Å². The third-order valence-corrected chi connectivity index (χ3v) is 13.6. The summed E-state index contributed by atoms with van der Waals surface area (Å²) >= 11 is 0. The third-order valence-electron chi connectivity index (χ3n) is 13.6. The summed E-state index contributed by atoms with van der Waals surface area (Å²) in [5, 5.41) is 11.3. The van der Waals surface area contributed by atoms with Gasteiger partial charge in [0.25, 0.3) is 11.8 Å². The first-order valence-corrected chi connectivity index (χ1v) is 21.8. The number of nitrogens with zero attached hydrogens (tertiary/aromatic N) is 6. The summed E-state index contributed by atoms with van der Waals surface area (Å²) in [6.45, 7) is 1.75. The van der Waals surface area contributed by atoms with Crippen LogP contribution in [0.4, 0.5) is 0 Å². The van der Waals surface area contributed by atoms with Gasteiger partial charge in [0.1, 0.15) is 0 Å². The Hall–Kier alpha value is -5.50. The molecule has 0 radical (unpaired) electrons. The lowest BCUT2D eigenvalue weighted by Crippen LogP contribution is -2.49. The summed E-state index contributed by atoms with van der Waals surface area (Å²) in [7, 11) is 3.87. The van der Waals surface area contributed by atoms with Crippen molar-refractivity contribution < 1.29 is 9.59 Å². The lowest BCUT2D eigenvalue weighted by atomic mass is 9.78. The van der Waals surface area contributed by atoms with Crippen LogP contribution in [0.15, 0.2) is 109 Å². The molecule has 4 aliphatic rings. The summed E-state index contributed by atoms with van der Waals surface area (Å²) in [6.07, 6.45) is 18.3. The molecule has 298 valence electrons. The van der Waals surface area contributed by atoms with E-state index in [0.29, 0.717) is 23.9 Å². The molecule has 2 aromatic heterocycles. The number of aromatic nitrogens is 4. The topological polar surface area (TPSA) is 76.3 Å². The fourth-order valence-corrected chi connectivity index (χ4v) is 10.8. The van der Waals surface area contributed by atoms with Crippen LogP contribution < -0.4 is 0 Å². The molecule has 2 aliphatic heterocycles. The average molecular weight is 773 g/mol. The molecule has 2 aliphatic carbocycles. The van der Waals surface area contributed by atoms with E-state index in [2.05, 4.69) is 111 Å². The van der Waals surface area contributed by atoms with Gasteiger partial charge in [-0.1, -0.05) is 117 Å². The smallest absolute Gasteiger partial charge is 0.257 e. The number of carbonyl (C=O) groups excluding carboxylic acids is 2. The summed E-state index contributed by atoms with van der Waals surface area (Å²) in [5.41, 5.74) is 7.76. The first-order valence-electron chi connectivity index (χ1n) is 21.8. The molecule has 6 aromatic rings. The van der Waals surface area contributed by atoms with Crippen LogP contribution in [0.2, 0.25) is 0 Å². The Morgan fingerprint density at radius 3 is 1.69 bits per heavy atom. The number of fused-ring (bicyclic) bond motifs is 3. The van der Waals surface area contributed by atoms with Crippen LogP contribution in [0.25, 0.3) is 44.4 Å². The normalized spacial score (nSPS) is 21.8. The van der Waals surface area contributed by atoms with Crippen molar-refractivity contribution in [1.29, 1.82) is 0 Å². The molecule has 8 heteroatoms. The van der Waals surface area contributed by atoms with Crippen LogP contribution in [0.5, 0.6) is 0 Å². The van der Waals surface area contributed by atoms with Gasteiger partial charge in [-0.15, -0.1) is 0 Å². The van der Waals surface area contributed by atoms with Gasteiger partial charge in [-0.25, -0.2) is 0 Å². The van der Waals surface area contributed by atoms with E-state index < -0.39 is 0 Å². The lowest BCUT2D eigenvalue weighted by Gasteiger charge is -2.44. The van der Waals surface area contributed by atoms with Crippen LogP contribution in [0.3, 0.4) is 0 Å². The number of benzene rings is 4. The fourth-order valence-electron chi connectivity index (χ4n) is 10.8. The van der Waals surface area contributed by atoms with Gasteiger partial charge in [0.05, 0.1) is 34.9 Å². The fraction of sp³-hybridized carbons (Fsp3) is 0.400. The molecule has 58 heavy (non-hydrogen) atoms. The van der Waals surface area contributed by atoms with Gasteiger partial charge in [-0.3, -0.25) is 19.0 Å². The predicted molar refractivity (Wildman–Crippen MR) is 232 cm³/mol. The van der Waals surface area contributed by atoms with E-state index in [-0.39, 0.29) is 11.8 Å². The minimum atomic E-state index is 0.153. The zero-order valence-corrected chi connectivity index (χ0v) is 34.1. The molecule has 0 spiro atoms. The van der Waals surface area contributed by atoms with Crippen molar-refractivity contribution in [1.82, 2.24) is 29.4 Å². The number of aryl methyl sites for hydroxylation is 2. The van der Waals surface area contributed by atoms with Gasteiger partial charge in [-0.05, 0) is 91.2 Å². The summed E-state index contributed by atoms with van der Waals surface area (Å²) in [4.78, 5) is 31.7. The van der Waals surface area contributed by atoms with E-state index in [1.807, 2.05) is 29.5 Å². The largest absolute Gasteiger partial charge is 0.335 e. The van der Waals surface area contributed by atoms with Gasteiger partial charge in [0.2, 0.25) is 0 Å². The van der Waals surface area contributed by atoms with Crippen molar-refractivity contribution in [2.45, 2.75) is 89.1 Å². The molecule has 4 aromatic carbocycles. The monoisotopic (exact) mass is 772 g/mol. The van der Waals surface area contributed by atoms with E-state index in [1.165, 1.54) is 62.3 Å². The number of rotatable bonds is 5. The number of piperidine rings is 2. The van der Waals surface area contributed by atoms with Crippen LogP contribution in [0.1, 0.15) is 97.8 Å². The molecule has 4 atom stereocenters. The van der Waals surface area contributed by atoms with Crippen molar-refractivity contribution in [3.05, 3.63) is 121 Å². The summed E-state index contributed by atoms with van der Waals surface area (Å²) in [5.74, 6) is 1.68. The molecule has 2 saturated carbocycles. The number of likely N-dealkylation sites (tertiary alicyclic amines) is 2. The van der Waals surface area contributed by atoms with Gasteiger partial charge in [0.15, 0.2) is 0 Å². The molecular weight excluding hydrogens is 717 g/mol. The molecular formula is C50H56N6O2. The van der Waals surface area contributed by atoms with Crippen molar-refractivity contribution in [2.24, 2.45) is 25.9 Å². The molecule has 4 fully saturated rings. The zero-order chi connectivity index (χ0) is 39.6. The Morgan fingerprint density at radius 2 is 1.02 bits per heavy atom. The Morgan fingerprint density at radius 1 is 0.517 bits per heavy atom. The average Bonchev–Trinajstić information content (AvgIpc) is 3.87. The van der Waals surface area contributed by atoms with Crippen LogP contribution in [-0.4, -0.2) is 66.3 Å². The molecule has 0 N–H and O–H groups in total. The first-order chi connectivity index (χ1) is 28.5. The lowest BCUT2D eigenvalue weighted by molar-refractivity contribution is 0.0386. The minimum absolute atomic E-state index is 0.153. The van der Waals surface area contributed by atoms with Crippen molar-refractivity contribution in [3.8, 4) is 33.6 Å². The van der Waals surface area contributed by atoms with E-state index in [4.69, 9.17) is 0 Å². The highest BCUT2D eigenvalue weighted by atomic mass is 16.2. The number of carbonyl (C=O) groups is 2. The van der Waals surface area contributed by atoms with Crippen molar-refractivity contribution in [2.75, 3.05) is 13.1 Å². The summed E-state index contributed by atoms with van der Waals surface area (Å²) in [6, 6.07) is 34.3. The molecule has 0 bridgehead atoms. The number of hydrogen-bond acceptors (Lipinski definition) is 4. The highest BCUT2D eigenvalue weighted by molar-refractivity contribution is 6.05. The van der Waals surface area contributed by atoms with Crippen molar-refractivity contribution in [3.63, 3.8) is 0 Å². The highest BCUT2D eigenvalue weighted by Crippen LogP contribution is 2.39. The number of hydrogen-bond donors (Lipinski definition) is 0. The van der Waals surface area contributed by atoms with Crippen LogP contribution in [-0.2, 0) is 14.1 Å². The van der Waals surface area contributed by atoms with Gasteiger partial charge in [0, 0.05) is 50.4 Å². The second-order valence-electron chi connectivity index (χ2n) is 17.0. The second kappa shape index (κ2) is 16.8. The molecule has 4 heterocycles. The maximum absolute atomic E-state index is 13.7. The minimum Gasteiger partial charge on any atom is -0.335 e. The highest BCUT2D eigenvalue weighted by Gasteiger charge is 2.39. The van der Waals surface area contributed by atoms with E-state index in [0.717, 1.165) is 83.4 Å². The SMILES string of the molecule is Cn1ncc(C(=O)N2CCCC3CCCCC32)c1-c1cccc(-c2ccccc2)c1.Cn1ncc(C(=O)N2CCCC3CCCCC32)c1-c1cccc2ccccc12. The maximum atomic E-state index is 13.7. The van der Waals surface area contributed by atoms with E-state index >= 15 is 0 Å². The van der Waals surface area contributed by atoms with E-state index in [1.54, 1.807) is 12.4 Å². The molecule has 2 amide bonds. The standard InChI is InChI=1S/C26H29N3O.C24H27N3O/c1-28-25(22-13-7-12-21(17-22)19-9-3-2-4-10-19)23(18-27-28)26(30)29-16-8-14-20-11-5-6-15-24(20)29;1-26-23(20-13-6-10-17-8-2-4-12-19(17)20)21(16-25-26)24(28)27-15-7-11-18-9-3-5-14-22(18)27/h2-4,7,9-10,12-13,17-18,20,24H,5-6,8,11,14-16H2,1H3;2,4,6,8,10,12-13,16,18,22H,3,5,7,9,11,14-15H2,1H3. The third kappa shape index (κ3) is 7.38. The molecule has 10 rings (SSSR count). The first kappa shape index (κ1) is 38.0. The second-order valence-corrected chi connectivity index (χ2v) is 17.0. The maximum Gasteiger partial charge on any atom is 0.257 e. The van der Waals surface area contributed by atoms with E-state index in [9.17, 15) is 9.59 Å². The Labute approximate surface area is 342 Å². The molecule has 8 nitrogen and oxygen atoms in total. The van der Waals surface area contributed by atoms with Crippen LogP contribution >= 0.6 is 0 Å². The predicted octanol–water partition coefficient (Wildman–Crippen LogP) is 10.6. The van der Waals surface area contributed by atoms with Crippen molar-refractivity contribution >= 4 is 22.6 Å². The Bertz CT molecular complexity index is 2390. The number of amides is 2. The summed E-state index contributed by atoms with van der Waals surface area (Å²) < 4.78 is 3.71. The van der Waals surface area contributed by atoms with Gasteiger partial charge >= 0.3 is 0 Å². The van der Waals surface area contributed by atoms with Gasteiger partial charge in [-0.2, -0.15) is 10.2 Å². The zero-order valence-electron chi connectivity index (χ0n) is 34.1. The Balaban J connectivity index is 0.000000151. The van der Waals surface area contributed by atoms with Crippen LogP contribution in [0, 0.1) is 11.8 Å².